The van der Waals surface area contributed by atoms with Crippen molar-refractivity contribution in [2.45, 2.75) is 39.3 Å². The molecule has 0 amide bonds. The number of nitrogens with zero attached hydrogens (tertiary/aromatic N) is 2. The van der Waals surface area contributed by atoms with Gasteiger partial charge in [-0.15, -0.1) is 0 Å². The first-order chi connectivity index (χ1) is 9.15. The van der Waals surface area contributed by atoms with Gasteiger partial charge in [0, 0.05) is 31.4 Å². The molecule has 1 aromatic carbocycles. The number of rotatable bonds is 3. The summed E-state index contributed by atoms with van der Waals surface area (Å²) in [6, 6.07) is 7.25. The standard InChI is InChI=1S/C16H27N3/c1-4-15-12-18(3)8-5-9-19(15)16-10-13(2)6-7-14(16)11-17/h6-7,10,15H,4-5,8-9,11-12,17H2,1-3H3. The highest BCUT2D eigenvalue weighted by molar-refractivity contribution is 5.56. The van der Waals surface area contributed by atoms with Gasteiger partial charge in [0.25, 0.3) is 0 Å². The van der Waals surface area contributed by atoms with E-state index in [1.807, 2.05) is 0 Å². The van der Waals surface area contributed by atoms with Crippen LogP contribution < -0.4 is 10.6 Å². The molecule has 2 rings (SSSR count). The van der Waals surface area contributed by atoms with Crippen molar-refractivity contribution < 1.29 is 0 Å². The first-order valence-electron chi connectivity index (χ1n) is 7.40. The maximum Gasteiger partial charge on any atom is 0.0417 e. The average molecular weight is 261 g/mol. The van der Waals surface area contributed by atoms with Gasteiger partial charge in [-0.05, 0) is 50.6 Å². The number of hydrogen-bond donors (Lipinski definition) is 1. The summed E-state index contributed by atoms with van der Waals surface area (Å²) >= 11 is 0. The minimum Gasteiger partial charge on any atom is -0.367 e. The van der Waals surface area contributed by atoms with Crippen molar-refractivity contribution >= 4 is 5.69 Å². The number of anilines is 1. The minimum absolute atomic E-state index is 0.597. The highest BCUT2D eigenvalue weighted by atomic mass is 15.2. The fourth-order valence-electron chi connectivity index (χ4n) is 3.02. The molecule has 1 saturated heterocycles. The molecule has 1 aliphatic rings. The molecule has 1 aromatic rings. The van der Waals surface area contributed by atoms with Crippen LogP contribution in [0, 0.1) is 6.92 Å². The van der Waals surface area contributed by atoms with Gasteiger partial charge in [0.2, 0.25) is 0 Å². The lowest BCUT2D eigenvalue weighted by molar-refractivity contribution is 0.328. The van der Waals surface area contributed by atoms with Crippen LogP contribution in [0.1, 0.15) is 30.9 Å². The molecular weight excluding hydrogens is 234 g/mol. The highest BCUT2D eigenvalue weighted by Gasteiger charge is 2.23. The van der Waals surface area contributed by atoms with Crippen LogP contribution in [0.4, 0.5) is 5.69 Å². The van der Waals surface area contributed by atoms with E-state index in [0.29, 0.717) is 12.6 Å². The molecule has 0 saturated carbocycles. The summed E-state index contributed by atoms with van der Waals surface area (Å²) in [6.45, 7) is 8.55. The van der Waals surface area contributed by atoms with E-state index in [4.69, 9.17) is 5.73 Å². The van der Waals surface area contributed by atoms with Gasteiger partial charge in [-0.1, -0.05) is 19.1 Å². The Morgan fingerprint density at radius 1 is 1.32 bits per heavy atom. The molecule has 0 spiro atoms. The van der Waals surface area contributed by atoms with Crippen LogP contribution in [-0.4, -0.2) is 37.6 Å². The summed E-state index contributed by atoms with van der Waals surface area (Å²) in [5.41, 5.74) is 9.87. The first-order valence-corrected chi connectivity index (χ1v) is 7.40. The van der Waals surface area contributed by atoms with Crippen LogP contribution in [0.15, 0.2) is 18.2 Å². The zero-order chi connectivity index (χ0) is 13.8. The second-order valence-electron chi connectivity index (χ2n) is 5.71. The third kappa shape index (κ3) is 3.28. The zero-order valence-electron chi connectivity index (χ0n) is 12.5. The van der Waals surface area contributed by atoms with Gasteiger partial charge in [0.15, 0.2) is 0 Å². The van der Waals surface area contributed by atoms with Crippen LogP contribution in [0.25, 0.3) is 0 Å². The summed E-state index contributed by atoms with van der Waals surface area (Å²) in [5, 5.41) is 0. The van der Waals surface area contributed by atoms with Crippen molar-refractivity contribution in [1.29, 1.82) is 0 Å². The van der Waals surface area contributed by atoms with Gasteiger partial charge in [0.05, 0.1) is 0 Å². The molecule has 2 N–H and O–H groups in total. The smallest absolute Gasteiger partial charge is 0.0417 e. The molecule has 19 heavy (non-hydrogen) atoms. The maximum absolute atomic E-state index is 5.92. The second kappa shape index (κ2) is 6.40. The molecule has 0 bridgehead atoms. The number of aryl methyl sites for hydroxylation is 1. The van der Waals surface area contributed by atoms with Gasteiger partial charge >= 0.3 is 0 Å². The van der Waals surface area contributed by atoms with Crippen molar-refractivity contribution in [3.8, 4) is 0 Å². The third-order valence-electron chi connectivity index (χ3n) is 4.14. The lowest BCUT2D eigenvalue weighted by Crippen LogP contribution is -2.40. The molecular formula is C16H27N3. The summed E-state index contributed by atoms with van der Waals surface area (Å²) in [5.74, 6) is 0. The van der Waals surface area contributed by atoms with Gasteiger partial charge in [-0.25, -0.2) is 0 Å². The van der Waals surface area contributed by atoms with Crippen molar-refractivity contribution in [2.24, 2.45) is 5.73 Å². The Morgan fingerprint density at radius 3 is 2.79 bits per heavy atom. The van der Waals surface area contributed by atoms with E-state index in [9.17, 15) is 0 Å². The normalized spacial score (nSPS) is 21.5. The van der Waals surface area contributed by atoms with E-state index >= 15 is 0 Å². The van der Waals surface area contributed by atoms with Crippen molar-refractivity contribution in [3.63, 3.8) is 0 Å². The number of likely N-dealkylation sites (N-methyl/N-ethyl adjacent to an activating group) is 1. The van der Waals surface area contributed by atoms with Crippen LogP contribution in [0.2, 0.25) is 0 Å². The Morgan fingerprint density at radius 2 is 2.11 bits per heavy atom. The minimum atomic E-state index is 0.597. The summed E-state index contributed by atoms with van der Waals surface area (Å²) in [7, 11) is 2.23. The predicted octanol–water partition coefficient (Wildman–Crippen LogP) is 2.37. The van der Waals surface area contributed by atoms with E-state index in [0.717, 1.165) is 13.1 Å². The molecule has 3 heteroatoms. The fourth-order valence-corrected chi connectivity index (χ4v) is 3.02. The summed E-state index contributed by atoms with van der Waals surface area (Å²) in [4.78, 5) is 5.03. The van der Waals surface area contributed by atoms with E-state index < -0.39 is 0 Å². The summed E-state index contributed by atoms with van der Waals surface area (Å²) in [6.07, 6.45) is 2.41. The van der Waals surface area contributed by atoms with Gasteiger partial charge in [-0.2, -0.15) is 0 Å². The van der Waals surface area contributed by atoms with Crippen LogP contribution in [0.3, 0.4) is 0 Å². The molecule has 0 aromatic heterocycles. The second-order valence-corrected chi connectivity index (χ2v) is 5.71. The van der Waals surface area contributed by atoms with Crippen LogP contribution in [0.5, 0.6) is 0 Å². The van der Waals surface area contributed by atoms with E-state index in [1.54, 1.807) is 0 Å². The lowest BCUT2D eigenvalue weighted by Gasteiger charge is -2.34. The topological polar surface area (TPSA) is 32.5 Å². The van der Waals surface area contributed by atoms with Crippen LogP contribution in [-0.2, 0) is 6.54 Å². The molecule has 3 nitrogen and oxygen atoms in total. The van der Waals surface area contributed by atoms with Gasteiger partial charge < -0.3 is 15.5 Å². The Labute approximate surface area is 117 Å². The number of benzene rings is 1. The average Bonchev–Trinajstić information content (AvgIpc) is 2.60. The zero-order valence-corrected chi connectivity index (χ0v) is 12.5. The molecule has 1 heterocycles. The maximum atomic E-state index is 5.92. The van der Waals surface area contributed by atoms with Crippen molar-refractivity contribution in [1.82, 2.24) is 4.90 Å². The quantitative estimate of drug-likeness (QED) is 0.906. The fraction of sp³-hybridized carbons (Fsp3) is 0.625. The van der Waals surface area contributed by atoms with E-state index in [1.165, 1.54) is 36.2 Å². The van der Waals surface area contributed by atoms with Crippen molar-refractivity contribution in [3.05, 3.63) is 29.3 Å². The van der Waals surface area contributed by atoms with E-state index in [-0.39, 0.29) is 0 Å². The molecule has 1 fully saturated rings. The Hall–Kier alpha value is -1.06. The highest BCUT2D eigenvalue weighted by Crippen LogP contribution is 2.27. The SMILES string of the molecule is CCC1CN(C)CCCN1c1cc(C)ccc1CN. The molecule has 1 aliphatic heterocycles. The number of hydrogen-bond acceptors (Lipinski definition) is 3. The first kappa shape index (κ1) is 14.4. The van der Waals surface area contributed by atoms with Crippen molar-refractivity contribution in [2.75, 3.05) is 31.6 Å². The molecule has 0 aliphatic carbocycles. The monoisotopic (exact) mass is 261 g/mol. The number of nitrogens with two attached hydrogens (primary N) is 1. The third-order valence-corrected chi connectivity index (χ3v) is 4.14. The van der Waals surface area contributed by atoms with Gasteiger partial charge in [0.1, 0.15) is 0 Å². The molecule has 1 unspecified atom stereocenters. The Kier molecular flexibility index (Phi) is 4.83. The van der Waals surface area contributed by atoms with Crippen LogP contribution >= 0.6 is 0 Å². The Balaban J connectivity index is 2.34. The lowest BCUT2D eigenvalue weighted by atomic mass is 10.1. The molecule has 1 atom stereocenters. The largest absolute Gasteiger partial charge is 0.367 e. The predicted molar refractivity (Wildman–Crippen MR) is 82.6 cm³/mol. The molecule has 0 radical (unpaired) electrons. The summed E-state index contributed by atoms with van der Waals surface area (Å²) < 4.78 is 0. The molecule has 106 valence electrons. The van der Waals surface area contributed by atoms with Gasteiger partial charge in [-0.3, -0.25) is 0 Å². The van der Waals surface area contributed by atoms with E-state index in [2.05, 4.69) is 48.9 Å². The Bertz CT molecular complexity index is 416.